The van der Waals surface area contributed by atoms with Gasteiger partial charge < -0.3 is 0 Å². The topological polar surface area (TPSA) is 78.0 Å². The molecule has 5 rings (SSSR count). The largest absolute Gasteiger partial charge is 0.268 e. The molecule has 130 valence electrons. The summed E-state index contributed by atoms with van der Waals surface area (Å²) in [5, 5.41) is 4.55. The third-order valence-corrected chi connectivity index (χ3v) is 4.28. The third kappa shape index (κ3) is 2.38. The van der Waals surface area contributed by atoms with Crippen LogP contribution in [-0.2, 0) is 0 Å². The van der Waals surface area contributed by atoms with Gasteiger partial charge in [0.1, 0.15) is 18.0 Å². The van der Waals surface area contributed by atoms with Crippen LogP contribution in [0.15, 0.2) is 72.0 Å². The van der Waals surface area contributed by atoms with Crippen LogP contribution in [0.4, 0.5) is 4.39 Å². The number of benzene rings is 1. The van der Waals surface area contributed by atoms with Crippen molar-refractivity contribution in [2.24, 2.45) is 0 Å². The molecule has 0 spiro atoms. The zero-order valence-electron chi connectivity index (χ0n) is 13.8. The average molecular weight is 358 g/mol. The Bertz CT molecular complexity index is 1340. The number of fused-ring (bicyclic) bond motifs is 2. The molecule has 0 aliphatic rings. The predicted octanol–water partition coefficient (Wildman–Crippen LogP) is 2.63. The molecule has 27 heavy (non-hydrogen) atoms. The lowest BCUT2D eigenvalue weighted by Gasteiger charge is -2.11. The van der Waals surface area contributed by atoms with Crippen LogP contribution in [0.5, 0.6) is 0 Å². The predicted molar refractivity (Wildman–Crippen MR) is 97.1 cm³/mol. The van der Waals surface area contributed by atoms with Gasteiger partial charge in [-0.05, 0) is 42.5 Å². The molecule has 0 saturated heterocycles. The highest BCUT2D eigenvalue weighted by molar-refractivity contribution is 5.93. The lowest BCUT2D eigenvalue weighted by molar-refractivity contribution is 0.628. The highest BCUT2D eigenvalue weighted by atomic mass is 19.1. The fourth-order valence-electron chi connectivity index (χ4n) is 3.08. The second kappa shape index (κ2) is 5.80. The molecule has 0 atom stereocenters. The maximum atomic E-state index is 13.4. The molecule has 8 heteroatoms. The van der Waals surface area contributed by atoms with Crippen LogP contribution in [0.1, 0.15) is 0 Å². The molecule has 0 aliphatic heterocycles. The lowest BCUT2D eigenvalue weighted by atomic mass is 10.1. The molecule has 0 radical (unpaired) electrons. The minimum absolute atomic E-state index is 0.296. The van der Waals surface area contributed by atoms with Gasteiger partial charge in [-0.25, -0.2) is 14.4 Å². The molecule has 1 aromatic carbocycles. The Morgan fingerprint density at radius 3 is 2.59 bits per heavy atom. The Morgan fingerprint density at radius 1 is 0.963 bits per heavy atom. The van der Waals surface area contributed by atoms with Crippen molar-refractivity contribution in [1.29, 1.82) is 0 Å². The van der Waals surface area contributed by atoms with Crippen molar-refractivity contribution in [3.05, 3.63) is 83.4 Å². The molecule has 0 bridgehead atoms. The molecule has 0 N–H and O–H groups in total. The van der Waals surface area contributed by atoms with Crippen LogP contribution in [-0.4, -0.2) is 29.1 Å². The summed E-state index contributed by atoms with van der Waals surface area (Å²) in [6, 6.07) is 12.9. The van der Waals surface area contributed by atoms with Gasteiger partial charge in [-0.3, -0.25) is 9.36 Å². The van der Waals surface area contributed by atoms with Crippen molar-refractivity contribution < 1.29 is 4.39 Å². The monoisotopic (exact) mass is 358 g/mol. The van der Waals surface area contributed by atoms with Gasteiger partial charge in [0.15, 0.2) is 0 Å². The molecular weight excluding hydrogens is 347 g/mol. The molecule has 0 saturated carbocycles. The Hall–Kier alpha value is -3.94. The van der Waals surface area contributed by atoms with Crippen LogP contribution in [0.3, 0.4) is 0 Å². The normalized spacial score (nSPS) is 11.3. The van der Waals surface area contributed by atoms with E-state index >= 15 is 0 Å². The first-order chi connectivity index (χ1) is 13.2. The molecule has 4 aromatic heterocycles. The van der Waals surface area contributed by atoms with Gasteiger partial charge in [-0.1, -0.05) is 6.07 Å². The van der Waals surface area contributed by atoms with Crippen LogP contribution in [0, 0.1) is 5.82 Å². The van der Waals surface area contributed by atoms with E-state index in [0.717, 1.165) is 0 Å². The van der Waals surface area contributed by atoms with E-state index in [1.807, 2.05) is 0 Å². The summed E-state index contributed by atoms with van der Waals surface area (Å²) in [7, 11) is 0. The van der Waals surface area contributed by atoms with Gasteiger partial charge in [0, 0.05) is 18.0 Å². The highest BCUT2D eigenvalue weighted by Gasteiger charge is 2.17. The first kappa shape index (κ1) is 15.3. The maximum absolute atomic E-state index is 13.4. The van der Waals surface area contributed by atoms with Crippen molar-refractivity contribution in [3.63, 3.8) is 0 Å². The zero-order valence-corrected chi connectivity index (χ0v) is 13.8. The molecule has 0 fully saturated rings. The Kier molecular flexibility index (Phi) is 3.29. The second-order valence-corrected chi connectivity index (χ2v) is 5.88. The van der Waals surface area contributed by atoms with Gasteiger partial charge in [0.05, 0.1) is 16.6 Å². The molecule has 7 nitrogen and oxygen atoms in total. The number of halogens is 1. The summed E-state index contributed by atoms with van der Waals surface area (Å²) in [6.07, 6.45) is 4.61. The molecule has 0 unspecified atom stereocenters. The minimum Gasteiger partial charge on any atom is -0.268 e. The van der Waals surface area contributed by atoms with Crippen LogP contribution >= 0.6 is 0 Å². The van der Waals surface area contributed by atoms with Gasteiger partial charge >= 0.3 is 0 Å². The Morgan fingerprint density at radius 2 is 1.81 bits per heavy atom. The van der Waals surface area contributed by atoms with E-state index in [1.54, 1.807) is 48.8 Å². The molecule has 4 heterocycles. The van der Waals surface area contributed by atoms with E-state index in [-0.39, 0.29) is 11.4 Å². The summed E-state index contributed by atoms with van der Waals surface area (Å²) in [6.45, 7) is 0. The SMILES string of the molecule is O=c1c2c(-c3ccc(F)cc3)n3ncnc3nc2ccn1-c1ccccn1. The zero-order chi connectivity index (χ0) is 18.4. The van der Waals surface area contributed by atoms with Crippen molar-refractivity contribution >= 4 is 16.7 Å². The lowest BCUT2D eigenvalue weighted by Crippen LogP contribution is -2.20. The number of hydrogen-bond donors (Lipinski definition) is 0. The Balaban J connectivity index is 1.93. The smallest absolute Gasteiger partial charge is 0.267 e. The number of aromatic nitrogens is 6. The van der Waals surface area contributed by atoms with E-state index in [4.69, 9.17) is 0 Å². The standard InChI is InChI=1S/C19H11FN6O/c20-13-6-4-12(5-7-13)17-16-14(24-19-22-11-23-26(17)19)8-10-25(18(16)27)15-3-1-2-9-21-15/h1-11H. The number of nitrogens with zero attached hydrogens (tertiary/aromatic N) is 6. The first-order valence-electron chi connectivity index (χ1n) is 8.15. The summed E-state index contributed by atoms with van der Waals surface area (Å²) in [5.74, 6) is 0.489. The molecule has 5 aromatic rings. The first-order valence-corrected chi connectivity index (χ1v) is 8.15. The van der Waals surface area contributed by atoms with E-state index in [2.05, 4.69) is 20.1 Å². The quantitative estimate of drug-likeness (QED) is 0.485. The summed E-state index contributed by atoms with van der Waals surface area (Å²) in [4.78, 5) is 26.1. The Labute approximate surface area is 151 Å². The molecule has 0 amide bonds. The summed E-state index contributed by atoms with van der Waals surface area (Å²) >= 11 is 0. The fraction of sp³-hybridized carbons (Fsp3) is 0. The van der Waals surface area contributed by atoms with Crippen molar-refractivity contribution in [3.8, 4) is 17.1 Å². The highest BCUT2D eigenvalue weighted by Crippen LogP contribution is 2.26. The fourth-order valence-corrected chi connectivity index (χ4v) is 3.08. The number of pyridine rings is 2. The summed E-state index contributed by atoms with van der Waals surface area (Å²) < 4.78 is 16.3. The van der Waals surface area contributed by atoms with E-state index < -0.39 is 0 Å². The third-order valence-electron chi connectivity index (χ3n) is 4.28. The van der Waals surface area contributed by atoms with E-state index in [1.165, 1.54) is 27.5 Å². The van der Waals surface area contributed by atoms with Gasteiger partial charge in [0.2, 0.25) is 0 Å². The molecule has 0 aliphatic carbocycles. The van der Waals surface area contributed by atoms with E-state index in [9.17, 15) is 9.18 Å². The van der Waals surface area contributed by atoms with Crippen LogP contribution in [0.2, 0.25) is 0 Å². The minimum atomic E-state index is -0.363. The van der Waals surface area contributed by atoms with Crippen molar-refractivity contribution in [2.45, 2.75) is 0 Å². The number of rotatable bonds is 2. The maximum Gasteiger partial charge on any atom is 0.267 e. The van der Waals surface area contributed by atoms with Crippen molar-refractivity contribution in [1.82, 2.24) is 29.1 Å². The van der Waals surface area contributed by atoms with Gasteiger partial charge in [0.25, 0.3) is 11.3 Å². The van der Waals surface area contributed by atoms with Crippen LogP contribution in [0.25, 0.3) is 33.8 Å². The summed E-state index contributed by atoms with van der Waals surface area (Å²) in [5.41, 5.74) is 1.32. The van der Waals surface area contributed by atoms with E-state index in [0.29, 0.717) is 33.8 Å². The van der Waals surface area contributed by atoms with Crippen LogP contribution < -0.4 is 5.56 Å². The molecular formula is C19H11FN6O. The second-order valence-electron chi connectivity index (χ2n) is 5.88. The van der Waals surface area contributed by atoms with Gasteiger partial charge in [-0.2, -0.15) is 14.6 Å². The van der Waals surface area contributed by atoms with Crippen molar-refractivity contribution in [2.75, 3.05) is 0 Å². The van der Waals surface area contributed by atoms with Gasteiger partial charge in [-0.15, -0.1) is 0 Å². The number of hydrogen-bond acceptors (Lipinski definition) is 5. The average Bonchev–Trinajstić information content (AvgIpc) is 3.16.